The minimum atomic E-state index is -0.953. The molecule has 0 saturated heterocycles. The van der Waals surface area contributed by atoms with Crippen LogP contribution in [0, 0.1) is 11.3 Å². The number of carboxylic acids is 1. The summed E-state index contributed by atoms with van der Waals surface area (Å²) in [5.41, 5.74) is 3.25. The molecule has 3 aromatic rings. The molecule has 1 N–H and O–H groups in total. The van der Waals surface area contributed by atoms with E-state index in [0.717, 1.165) is 41.2 Å². The van der Waals surface area contributed by atoms with E-state index in [4.69, 9.17) is 0 Å². The van der Waals surface area contributed by atoms with Crippen LogP contribution in [0.4, 0.5) is 0 Å². The summed E-state index contributed by atoms with van der Waals surface area (Å²) in [7, 11) is 0. The van der Waals surface area contributed by atoms with Crippen LogP contribution in [0.25, 0.3) is 11.1 Å². The molecule has 0 fully saturated rings. The van der Waals surface area contributed by atoms with Gasteiger partial charge in [0.15, 0.2) is 0 Å². The second kappa shape index (κ2) is 9.35. The predicted octanol–water partition coefficient (Wildman–Crippen LogP) is 5.22. The fraction of sp³-hybridized carbons (Fsp3) is 0.261. The Balaban J connectivity index is 2.14. The number of carbonyl (C=O) groups is 1. The summed E-state index contributed by atoms with van der Waals surface area (Å²) in [5.74, 6) is -0.0462. The lowest BCUT2D eigenvalue weighted by molar-refractivity contribution is -0.130. The van der Waals surface area contributed by atoms with E-state index < -0.39 is 5.97 Å². The lowest BCUT2D eigenvalue weighted by atomic mass is 10.0. The topological polar surface area (TPSA) is 78.9 Å². The van der Waals surface area contributed by atoms with E-state index in [1.165, 1.54) is 11.3 Å². The fourth-order valence-corrected chi connectivity index (χ4v) is 4.18. The van der Waals surface area contributed by atoms with Gasteiger partial charge in [-0.1, -0.05) is 37.6 Å². The minimum Gasteiger partial charge on any atom is -0.478 e. The van der Waals surface area contributed by atoms with Crippen LogP contribution in [0.2, 0.25) is 0 Å². The zero-order valence-corrected chi connectivity index (χ0v) is 17.4. The number of aromatic nitrogens is 2. The third-order valence-electron chi connectivity index (χ3n) is 4.90. The number of carboxylic acid groups (broad SMARTS) is 1. The molecular weight excluding hydrogens is 382 g/mol. The quantitative estimate of drug-likeness (QED) is 0.521. The van der Waals surface area contributed by atoms with Crippen molar-refractivity contribution in [3.63, 3.8) is 0 Å². The summed E-state index contributed by atoms with van der Waals surface area (Å²) < 4.78 is 2.05. The van der Waals surface area contributed by atoms with Crippen LogP contribution in [0.3, 0.4) is 0 Å². The molecular formula is C23H23N3O2S. The second-order valence-corrected chi connectivity index (χ2v) is 7.75. The van der Waals surface area contributed by atoms with Gasteiger partial charge < -0.3 is 9.67 Å². The highest BCUT2D eigenvalue weighted by atomic mass is 32.1. The van der Waals surface area contributed by atoms with Gasteiger partial charge in [-0.15, -0.1) is 11.3 Å². The molecule has 3 rings (SSSR count). The highest BCUT2D eigenvalue weighted by molar-refractivity contribution is 7.11. The normalized spacial score (nSPS) is 11.8. The van der Waals surface area contributed by atoms with E-state index in [1.807, 2.05) is 42.6 Å². The van der Waals surface area contributed by atoms with Crippen LogP contribution in [0.5, 0.6) is 0 Å². The van der Waals surface area contributed by atoms with Crippen molar-refractivity contribution in [1.82, 2.24) is 9.55 Å². The van der Waals surface area contributed by atoms with Gasteiger partial charge >= 0.3 is 5.97 Å². The molecule has 2 aromatic heterocycles. The zero-order chi connectivity index (χ0) is 20.8. The molecule has 6 heteroatoms. The van der Waals surface area contributed by atoms with E-state index in [2.05, 4.69) is 22.5 Å². The SMILES string of the molecule is CCCCc1ncc(/C(C)=C(\C(=O)O)c2cccs2)n1Cc1ccccc1C#N. The van der Waals surface area contributed by atoms with Gasteiger partial charge in [0.2, 0.25) is 0 Å². The first-order valence-corrected chi connectivity index (χ1v) is 10.5. The molecule has 148 valence electrons. The Hall–Kier alpha value is -3.17. The van der Waals surface area contributed by atoms with E-state index in [1.54, 1.807) is 12.3 Å². The first-order valence-electron chi connectivity index (χ1n) is 9.57. The van der Waals surface area contributed by atoms with Crippen LogP contribution >= 0.6 is 11.3 Å². The molecule has 0 spiro atoms. The molecule has 0 atom stereocenters. The average molecular weight is 406 g/mol. The number of nitriles is 1. The molecule has 2 heterocycles. The summed E-state index contributed by atoms with van der Waals surface area (Å²) in [6.45, 7) is 4.44. The number of nitrogens with zero attached hydrogens (tertiary/aromatic N) is 3. The Morgan fingerprint density at radius 3 is 2.72 bits per heavy atom. The van der Waals surface area contributed by atoms with Crippen molar-refractivity contribution in [1.29, 1.82) is 5.26 Å². The Bertz CT molecular complexity index is 1070. The summed E-state index contributed by atoms with van der Waals surface area (Å²) in [4.78, 5) is 17.4. The van der Waals surface area contributed by atoms with Crippen LogP contribution in [-0.4, -0.2) is 20.6 Å². The van der Waals surface area contributed by atoms with E-state index >= 15 is 0 Å². The smallest absolute Gasteiger partial charge is 0.337 e. The molecule has 0 aliphatic rings. The predicted molar refractivity (Wildman–Crippen MR) is 116 cm³/mol. The number of hydrogen-bond donors (Lipinski definition) is 1. The molecule has 1 aromatic carbocycles. The third-order valence-corrected chi connectivity index (χ3v) is 5.79. The van der Waals surface area contributed by atoms with Crippen molar-refractivity contribution < 1.29 is 9.90 Å². The van der Waals surface area contributed by atoms with Gasteiger partial charge in [0.05, 0.1) is 35.6 Å². The number of rotatable bonds is 8. The number of thiophene rings is 1. The molecule has 5 nitrogen and oxygen atoms in total. The van der Waals surface area contributed by atoms with Crippen LogP contribution in [0.1, 0.15) is 54.2 Å². The maximum absolute atomic E-state index is 12.0. The van der Waals surface area contributed by atoms with E-state index in [9.17, 15) is 15.2 Å². The first kappa shape index (κ1) is 20.6. The highest BCUT2D eigenvalue weighted by Gasteiger charge is 2.21. The number of aliphatic carboxylic acids is 1. The van der Waals surface area contributed by atoms with Gasteiger partial charge in [-0.05, 0) is 42.0 Å². The van der Waals surface area contributed by atoms with Crippen molar-refractivity contribution in [2.24, 2.45) is 0 Å². The maximum atomic E-state index is 12.0. The molecule has 29 heavy (non-hydrogen) atoms. The van der Waals surface area contributed by atoms with Crippen molar-refractivity contribution in [3.05, 3.63) is 75.5 Å². The standard InChI is InChI=1S/C23H23N3O2S/c1-3-4-11-21-25-14-19(16(2)22(23(27)28)20-10-7-12-29-20)26(21)15-18-9-6-5-8-17(18)13-24/h5-10,12,14H,3-4,11,15H2,1-2H3,(H,27,28)/b22-16-. The largest absolute Gasteiger partial charge is 0.478 e. The van der Waals surface area contributed by atoms with Gasteiger partial charge in [-0.25, -0.2) is 9.78 Å². The zero-order valence-electron chi connectivity index (χ0n) is 16.6. The first-order chi connectivity index (χ1) is 14.1. The van der Waals surface area contributed by atoms with Gasteiger partial charge in [0, 0.05) is 11.3 Å². The minimum absolute atomic E-state index is 0.289. The van der Waals surface area contributed by atoms with E-state index in [0.29, 0.717) is 17.7 Å². The Morgan fingerprint density at radius 2 is 2.07 bits per heavy atom. The van der Waals surface area contributed by atoms with Gasteiger partial charge in [0.1, 0.15) is 5.82 Å². The molecule has 0 bridgehead atoms. The fourth-order valence-electron chi connectivity index (χ4n) is 3.36. The van der Waals surface area contributed by atoms with Crippen molar-refractivity contribution >= 4 is 28.5 Å². The third kappa shape index (κ3) is 4.47. The van der Waals surface area contributed by atoms with Crippen molar-refractivity contribution in [3.8, 4) is 6.07 Å². The van der Waals surface area contributed by atoms with Crippen LogP contribution in [-0.2, 0) is 17.8 Å². The van der Waals surface area contributed by atoms with Gasteiger partial charge in [-0.2, -0.15) is 5.26 Å². The molecule has 0 aliphatic heterocycles. The van der Waals surface area contributed by atoms with Crippen LogP contribution < -0.4 is 0 Å². The maximum Gasteiger partial charge on any atom is 0.337 e. The lowest BCUT2D eigenvalue weighted by Crippen LogP contribution is -2.11. The number of aryl methyl sites for hydroxylation is 1. The number of imidazole rings is 1. The molecule has 0 aliphatic carbocycles. The molecule has 0 radical (unpaired) electrons. The van der Waals surface area contributed by atoms with Crippen molar-refractivity contribution in [2.75, 3.05) is 0 Å². The molecule has 0 amide bonds. The summed E-state index contributed by atoms with van der Waals surface area (Å²) in [6, 6.07) is 13.4. The number of benzene rings is 1. The van der Waals surface area contributed by atoms with Crippen LogP contribution in [0.15, 0.2) is 48.0 Å². The molecule has 0 saturated carbocycles. The van der Waals surface area contributed by atoms with Gasteiger partial charge in [0.25, 0.3) is 0 Å². The number of allylic oxidation sites excluding steroid dienone is 1. The van der Waals surface area contributed by atoms with E-state index in [-0.39, 0.29) is 5.57 Å². The second-order valence-electron chi connectivity index (χ2n) is 6.80. The van der Waals surface area contributed by atoms with Gasteiger partial charge in [-0.3, -0.25) is 0 Å². The number of unbranched alkanes of at least 4 members (excludes halogenated alkanes) is 1. The lowest BCUT2D eigenvalue weighted by Gasteiger charge is -2.15. The molecule has 0 unspecified atom stereocenters. The monoisotopic (exact) mass is 405 g/mol. The Morgan fingerprint density at radius 1 is 1.28 bits per heavy atom. The summed E-state index contributed by atoms with van der Waals surface area (Å²) in [6.07, 6.45) is 4.60. The van der Waals surface area contributed by atoms with Crippen molar-refractivity contribution in [2.45, 2.75) is 39.7 Å². The Kier molecular flexibility index (Phi) is 6.63. The highest BCUT2D eigenvalue weighted by Crippen LogP contribution is 2.30. The Labute approximate surface area is 174 Å². The summed E-state index contributed by atoms with van der Waals surface area (Å²) >= 11 is 1.41. The average Bonchev–Trinajstić information content (AvgIpc) is 3.37. The summed E-state index contributed by atoms with van der Waals surface area (Å²) in [5, 5.41) is 21.2. The number of hydrogen-bond acceptors (Lipinski definition) is 4.